The van der Waals surface area contributed by atoms with Gasteiger partial charge in [-0.2, -0.15) is 0 Å². The van der Waals surface area contributed by atoms with Gasteiger partial charge in [-0.3, -0.25) is 0 Å². The maximum absolute atomic E-state index is 6.36. The SMILES string of the molecule is CCCc1nc2ccccc2n1Cc1ccc(Br)cc1Cl. The molecule has 0 aliphatic rings. The van der Waals surface area contributed by atoms with E-state index >= 15 is 0 Å². The van der Waals surface area contributed by atoms with Crippen molar-refractivity contribution >= 4 is 38.6 Å². The van der Waals surface area contributed by atoms with Crippen LogP contribution >= 0.6 is 27.5 Å². The molecule has 0 radical (unpaired) electrons. The van der Waals surface area contributed by atoms with Crippen molar-refractivity contribution in [2.45, 2.75) is 26.3 Å². The normalized spacial score (nSPS) is 11.2. The van der Waals surface area contributed by atoms with Crippen molar-refractivity contribution < 1.29 is 0 Å². The summed E-state index contributed by atoms with van der Waals surface area (Å²) in [7, 11) is 0. The van der Waals surface area contributed by atoms with E-state index in [1.54, 1.807) is 0 Å². The fraction of sp³-hybridized carbons (Fsp3) is 0.235. The molecular formula is C17H16BrClN2. The van der Waals surface area contributed by atoms with E-state index in [2.05, 4.69) is 51.7 Å². The van der Waals surface area contributed by atoms with Crippen molar-refractivity contribution in [3.63, 3.8) is 0 Å². The lowest BCUT2D eigenvalue weighted by atomic mass is 10.2. The predicted molar refractivity (Wildman–Crippen MR) is 92.0 cm³/mol. The van der Waals surface area contributed by atoms with Gasteiger partial charge >= 0.3 is 0 Å². The summed E-state index contributed by atoms with van der Waals surface area (Å²) in [5.74, 6) is 1.12. The molecule has 0 N–H and O–H groups in total. The number of aryl methyl sites for hydroxylation is 1. The molecule has 2 aromatic carbocycles. The van der Waals surface area contributed by atoms with Gasteiger partial charge in [0, 0.05) is 15.9 Å². The molecule has 3 rings (SSSR count). The highest BCUT2D eigenvalue weighted by Crippen LogP contribution is 2.25. The number of benzene rings is 2. The topological polar surface area (TPSA) is 17.8 Å². The quantitative estimate of drug-likeness (QED) is 0.602. The van der Waals surface area contributed by atoms with Gasteiger partial charge in [-0.25, -0.2) is 4.98 Å². The highest BCUT2D eigenvalue weighted by atomic mass is 79.9. The van der Waals surface area contributed by atoms with Crippen LogP contribution in [-0.2, 0) is 13.0 Å². The first-order valence-corrected chi connectivity index (χ1v) is 8.24. The van der Waals surface area contributed by atoms with Crippen LogP contribution in [0.4, 0.5) is 0 Å². The van der Waals surface area contributed by atoms with E-state index in [1.807, 2.05) is 18.2 Å². The number of aromatic nitrogens is 2. The second-order valence-electron chi connectivity index (χ2n) is 5.09. The van der Waals surface area contributed by atoms with E-state index in [-0.39, 0.29) is 0 Å². The Morgan fingerprint density at radius 3 is 2.76 bits per heavy atom. The van der Waals surface area contributed by atoms with Crippen LogP contribution in [0.3, 0.4) is 0 Å². The number of para-hydroxylation sites is 2. The van der Waals surface area contributed by atoms with Gasteiger partial charge in [-0.15, -0.1) is 0 Å². The van der Waals surface area contributed by atoms with Gasteiger partial charge in [0.05, 0.1) is 17.6 Å². The third kappa shape index (κ3) is 2.99. The summed E-state index contributed by atoms with van der Waals surface area (Å²) in [5, 5.41) is 0.782. The monoisotopic (exact) mass is 362 g/mol. The van der Waals surface area contributed by atoms with Crippen LogP contribution in [0, 0.1) is 0 Å². The minimum absolute atomic E-state index is 0.752. The van der Waals surface area contributed by atoms with Crippen molar-refractivity contribution in [1.82, 2.24) is 9.55 Å². The molecule has 0 unspecified atom stereocenters. The number of fused-ring (bicyclic) bond motifs is 1. The van der Waals surface area contributed by atoms with Gasteiger partial charge in [0.1, 0.15) is 5.82 Å². The van der Waals surface area contributed by atoms with Crippen molar-refractivity contribution in [3.8, 4) is 0 Å². The third-order valence-electron chi connectivity index (χ3n) is 3.55. The van der Waals surface area contributed by atoms with Crippen LogP contribution in [-0.4, -0.2) is 9.55 Å². The standard InChI is InChI=1S/C17H16BrClN2/c1-2-5-17-20-15-6-3-4-7-16(15)21(17)11-12-8-9-13(18)10-14(12)19/h3-4,6-10H,2,5,11H2,1H3. The summed E-state index contributed by atoms with van der Waals surface area (Å²) < 4.78 is 3.27. The van der Waals surface area contributed by atoms with Gasteiger partial charge in [0.2, 0.25) is 0 Å². The van der Waals surface area contributed by atoms with Crippen LogP contribution < -0.4 is 0 Å². The lowest BCUT2D eigenvalue weighted by Gasteiger charge is -2.10. The van der Waals surface area contributed by atoms with Crippen molar-refractivity contribution in [2.75, 3.05) is 0 Å². The number of hydrogen-bond acceptors (Lipinski definition) is 1. The molecule has 0 atom stereocenters. The minimum Gasteiger partial charge on any atom is -0.323 e. The average Bonchev–Trinajstić information content (AvgIpc) is 2.80. The molecule has 3 aromatic rings. The van der Waals surface area contributed by atoms with Gasteiger partial charge in [-0.05, 0) is 36.2 Å². The van der Waals surface area contributed by atoms with E-state index in [9.17, 15) is 0 Å². The molecule has 1 aromatic heterocycles. The summed E-state index contributed by atoms with van der Waals surface area (Å²) in [6.45, 7) is 2.93. The Morgan fingerprint density at radius 1 is 1.19 bits per heavy atom. The van der Waals surface area contributed by atoms with E-state index in [1.165, 1.54) is 5.52 Å². The summed E-state index contributed by atoms with van der Waals surface area (Å²) in [5.41, 5.74) is 3.33. The first kappa shape index (κ1) is 14.6. The minimum atomic E-state index is 0.752. The van der Waals surface area contributed by atoms with E-state index in [4.69, 9.17) is 16.6 Å². The number of hydrogen-bond donors (Lipinski definition) is 0. The largest absolute Gasteiger partial charge is 0.323 e. The van der Waals surface area contributed by atoms with Crippen LogP contribution in [0.15, 0.2) is 46.9 Å². The summed E-state index contributed by atoms with van der Waals surface area (Å²) in [6, 6.07) is 14.3. The molecular weight excluding hydrogens is 348 g/mol. The predicted octanol–water partition coefficient (Wildman–Crippen LogP) is 5.45. The zero-order valence-electron chi connectivity index (χ0n) is 11.8. The molecule has 0 aliphatic heterocycles. The second-order valence-corrected chi connectivity index (χ2v) is 6.41. The first-order valence-electron chi connectivity index (χ1n) is 7.07. The maximum atomic E-state index is 6.36. The Labute approximate surface area is 137 Å². The Morgan fingerprint density at radius 2 is 2.00 bits per heavy atom. The van der Waals surface area contributed by atoms with Crippen molar-refractivity contribution in [2.24, 2.45) is 0 Å². The van der Waals surface area contributed by atoms with Crippen molar-refractivity contribution in [3.05, 3.63) is 63.3 Å². The molecule has 0 saturated carbocycles. The molecule has 0 aliphatic carbocycles. The van der Waals surface area contributed by atoms with Crippen LogP contribution in [0.5, 0.6) is 0 Å². The Bertz CT molecular complexity index is 780. The molecule has 0 spiro atoms. The summed E-state index contributed by atoms with van der Waals surface area (Å²) in [4.78, 5) is 4.76. The van der Waals surface area contributed by atoms with Gasteiger partial charge in [0.25, 0.3) is 0 Å². The van der Waals surface area contributed by atoms with Crippen LogP contribution in [0.25, 0.3) is 11.0 Å². The zero-order valence-corrected chi connectivity index (χ0v) is 14.2. The van der Waals surface area contributed by atoms with Crippen molar-refractivity contribution in [1.29, 1.82) is 0 Å². The highest BCUT2D eigenvalue weighted by molar-refractivity contribution is 9.10. The number of imidazole rings is 1. The van der Waals surface area contributed by atoms with Crippen LogP contribution in [0.2, 0.25) is 5.02 Å². The molecule has 2 nitrogen and oxygen atoms in total. The fourth-order valence-electron chi connectivity index (χ4n) is 2.54. The molecule has 0 bridgehead atoms. The first-order chi connectivity index (χ1) is 10.2. The van der Waals surface area contributed by atoms with Gasteiger partial charge in [0.15, 0.2) is 0 Å². The summed E-state index contributed by atoms with van der Waals surface area (Å²) in [6.07, 6.45) is 2.06. The number of rotatable bonds is 4. The highest BCUT2D eigenvalue weighted by Gasteiger charge is 2.11. The van der Waals surface area contributed by atoms with E-state index < -0.39 is 0 Å². The lowest BCUT2D eigenvalue weighted by Crippen LogP contribution is -2.05. The molecule has 108 valence electrons. The number of nitrogens with zero attached hydrogens (tertiary/aromatic N) is 2. The Kier molecular flexibility index (Phi) is 4.32. The molecule has 0 fully saturated rings. The van der Waals surface area contributed by atoms with Crippen LogP contribution in [0.1, 0.15) is 24.7 Å². The summed E-state index contributed by atoms with van der Waals surface area (Å²) >= 11 is 9.81. The molecule has 4 heteroatoms. The Hall–Kier alpha value is -1.32. The third-order valence-corrected chi connectivity index (χ3v) is 4.40. The zero-order chi connectivity index (χ0) is 14.8. The lowest BCUT2D eigenvalue weighted by molar-refractivity contribution is 0.722. The average molecular weight is 364 g/mol. The molecule has 21 heavy (non-hydrogen) atoms. The second kappa shape index (κ2) is 6.20. The molecule has 0 saturated heterocycles. The van der Waals surface area contributed by atoms with E-state index in [0.717, 1.165) is 45.8 Å². The maximum Gasteiger partial charge on any atom is 0.110 e. The van der Waals surface area contributed by atoms with Gasteiger partial charge in [-0.1, -0.05) is 52.7 Å². The number of halogens is 2. The van der Waals surface area contributed by atoms with E-state index in [0.29, 0.717) is 0 Å². The molecule has 1 heterocycles. The van der Waals surface area contributed by atoms with Gasteiger partial charge < -0.3 is 4.57 Å². The molecule has 0 amide bonds. The fourth-order valence-corrected chi connectivity index (χ4v) is 3.27. The Balaban J connectivity index is 2.07. The smallest absolute Gasteiger partial charge is 0.110 e.